The van der Waals surface area contributed by atoms with Crippen LogP contribution in [0.5, 0.6) is 0 Å². The van der Waals surface area contributed by atoms with Crippen molar-refractivity contribution in [1.82, 2.24) is 15.0 Å². The van der Waals surface area contributed by atoms with E-state index < -0.39 is 0 Å². The number of aliphatic hydroxyl groups is 1. The Balaban J connectivity index is 0.000000249. The summed E-state index contributed by atoms with van der Waals surface area (Å²) in [5, 5.41) is 10.2. The molecule has 1 aliphatic rings. The van der Waals surface area contributed by atoms with Crippen molar-refractivity contribution in [2.75, 3.05) is 24.7 Å². The second-order valence-corrected chi connectivity index (χ2v) is 6.81. The van der Waals surface area contributed by atoms with Gasteiger partial charge in [-0.05, 0) is 30.7 Å². The van der Waals surface area contributed by atoms with Gasteiger partial charge < -0.3 is 15.6 Å². The molecule has 0 aromatic carbocycles. The molecule has 3 N–H and O–H groups in total. The number of aromatic nitrogens is 3. The van der Waals surface area contributed by atoms with Crippen molar-refractivity contribution < 1.29 is 9.84 Å². The van der Waals surface area contributed by atoms with Gasteiger partial charge in [0.05, 0.1) is 34.7 Å². The zero-order chi connectivity index (χ0) is 17.4. The third-order valence-corrected chi connectivity index (χ3v) is 4.30. The molecule has 1 aliphatic heterocycles. The van der Waals surface area contributed by atoms with Gasteiger partial charge in [0, 0.05) is 18.4 Å². The predicted molar refractivity (Wildman–Crippen MR) is 97.1 cm³/mol. The molecule has 2 aromatic rings. The zero-order valence-corrected chi connectivity index (χ0v) is 15.1. The van der Waals surface area contributed by atoms with Crippen LogP contribution in [-0.4, -0.2) is 45.1 Å². The molecule has 6 nitrogen and oxygen atoms in total. The average molecular weight is 369 g/mol. The van der Waals surface area contributed by atoms with E-state index in [0.717, 1.165) is 35.8 Å². The fourth-order valence-electron chi connectivity index (χ4n) is 2.06. The number of anilines is 1. The molecule has 3 rings (SSSR count). The lowest BCUT2D eigenvalue weighted by Crippen LogP contribution is -2.21. The minimum absolute atomic E-state index is 0.186. The maximum absolute atomic E-state index is 8.78. The second kappa shape index (κ2) is 9.78. The van der Waals surface area contributed by atoms with Gasteiger partial charge >= 0.3 is 0 Å². The predicted octanol–water partition coefficient (Wildman–Crippen LogP) is 3.04. The Kier molecular flexibility index (Phi) is 7.71. The fraction of sp³-hybridized carbons (Fsp3) is 0.438. The van der Waals surface area contributed by atoms with E-state index in [2.05, 4.69) is 21.9 Å². The summed E-state index contributed by atoms with van der Waals surface area (Å²) in [6, 6.07) is 3.87. The summed E-state index contributed by atoms with van der Waals surface area (Å²) in [5.74, 6) is 1.20. The van der Waals surface area contributed by atoms with Crippen molar-refractivity contribution in [3.8, 4) is 11.3 Å². The molecule has 1 fully saturated rings. The number of hydrogen-bond donors (Lipinski definition) is 2. The maximum Gasteiger partial charge on any atom is 0.220 e. The monoisotopic (exact) mass is 368 g/mol. The van der Waals surface area contributed by atoms with Gasteiger partial charge in [0.1, 0.15) is 0 Å². The summed E-state index contributed by atoms with van der Waals surface area (Å²) >= 11 is 7.70. The van der Waals surface area contributed by atoms with E-state index in [-0.39, 0.29) is 12.1 Å². The van der Waals surface area contributed by atoms with Gasteiger partial charge in [-0.1, -0.05) is 18.5 Å². The summed E-state index contributed by atoms with van der Waals surface area (Å²) in [5.41, 5.74) is 6.99. The molecular formula is C16H21ClN4O2S. The maximum atomic E-state index is 8.78. The number of nitrogens with zero attached hydrogens (tertiary/aromatic N) is 3. The smallest absolute Gasteiger partial charge is 0.220 e. The molecule has 24 heavy (non-hydrogen) atoms. The number of rotatable bonds is 3. The lowest BCUT2D eigenvalue weighted by molar-refractivity contribution is -0.00535. The van der Waals surface area contributed by atoms with Gasteiger partial charge in [0.2, 0.25) is 5.95 Å². The largest absolute Gasteiger partial charge is 0.391 e. The Morgan fingerprint density at radius 2 is 2.21 bits per heavy atom. The molecule has 2 aromatic heterocycles. The summed E-state index contributed by atoms with van der Waals surface area (Å²) in [4.78, 5) is 12.2. The van der Waals surface area contributed by atoms with Crippen molar-refractivity contribution in [2.45, 2.75) is 30.9 Å². The van der Waals surface area contributed by atoms with Crippen LogP contribution in [0.15, 0.2) is 29.6 Å². The summed E-state index contributed by atoms with van der Waals surface area (Å²) in [6.45, 7) is 3.46. The summed E-state index contributed by atoms with van der Waals surface area (Å²) in [7, 11) is 0. The number of pyridine rings is 1. The minimum Gasteiger partial charge on any atom is -0.391 e. The first-order valence-corrected chi connectivity index (χ1v) is 9.09. The number of thioether (sulfide) groups is 1. The summed E-state index contributed by atoms with van der Waals surface area (Å²) < 4.78 is 4.93. The Bertz CT molecular complexity index is 636. The number of halogens is 1. The van der Waals surface area contributed by atoms with Gasteiger partial charge in [-0.3, -0.25) is 0 Å². The van der Waals surface area contributed by atoms with Crippen molar-refractivity contribution in [2.24, 2.45) is 0 Å². The molecule has 0 amide bonds. The second-order valence-electron chi connectivity index (χ2n) is 5.11. The molecule has 0 saturated carbocycles. The Labute approximate surface area is 150 Å². The van der Waals surface area contributed by atoms with Crippen LogP contribution in [-0.2, 0) is 4.74 Å². The van der Waals surface area contributed by atoms with Crippen LogP contribution in [0.25, 0.3) is 11.3 Å². The van der Waals surface area contributed by atoms with E-state index in [1.165, 1.54) is 6.20 Å². The SMILES string of the molecule is CCSc1ccc(-c2nc(N)ncc2Cl)cn1.OC1CCCOC1. The van der Waals surface area contributed by atoms with Crippen molar-refractivity contribution in [3.63, 3.8) is 0 Å². The molecule has 3 heterocycles. The highest BCUT2D eigenvalue weighted by atomic mass is 35.5. The van der Waals surface area contributed by atoms with Crippen molar-refractivity contribution in [1.29, 1.82) is 0 Å². The van der Waals surface area contributed by atoms with Gasteiger partial charge in [-0.2, -0.15) is 0 Å². The molecule has 130 valence electrons. The van der Waals surface area contributed by atoms with E-state index in [0.29, 0.717) is 17.3 Å². The van der Waals surface area contributed by atoms with Gasteiger partial charge in [0.25, 0.3) is 0 Å². The van der Waals surface area contributed by atoms with Crippen LogP contribution in [0.3, 0.4) is 0 Å². The molecule has 8 heteroatoms. The van der Waals surface area contributed by atoms with E-state index in [9.17, 15) is 0 Å². The molecule has 0 aliphatic carbocycles. The van der Waals surface area contributed by atoms with Crippen LogP contribution >= 0.6 is 23.4 Å². The van der Waals surface area contributed by atoms with Gasteiger partial charge in [0.15, 0.2) is 0 Å². The van der Waals surface area contributed by atoms with Gasteiger partial charge in [-0.15, -0.1) is 11.8 Å². The first-order valence-electron chi connectivity index (χ1n) is 7.73. The molecule has 0 bridgehead atoms. The lowest BCUT2D eigenvalue weighted by Gasteiger charge is -2.15. The standard InChI is InChI=1S/C11H11ClN4S.C5H10O2/c1-2-17-9-4-3-7(5-14-9)10-8(12)6-15-11(13)16-10;6-5-2-1-3-7-4-5/h3-6H,2H2,1H3,(H2,13,15,16);5-6H,1-4H2. The molecule has 1 unspecified atom stereocenters. The Morgan fingerprint density at radius 1 is 1.38 bits per heavy atom. The van der Waals surface area contributed by atoms with E-state index in [1.54, 1.807) is 18.0 Å². The number of hydrogen-bond acceptors (Lipinski definition) is 7. The first-order chi connectivity index (χ1) is 11.6. The normalized spacial score (nSPS) is 17.0. The molecule has 0 spiro atoms. The van der Waals surface area contributed by atoms with Crippen LogP contribution < -0.4 is 5.73 Å². The highest BCUT2D eigenvalue weighted by Gasteiger charge is 2.08. The highest BCUT2D eigenvalue weighted by Crippen LogP contribution is 2.26. The molecule has 0 radical (unpaired) electrons. The number of nitrogens with two attached hydrogens (primary N) is 1. The van der Waals surface area contributed by atoms with Crippen molar-refractivity contribution >= 4 is 29.3 Å². The van der Waals surface area contributed by atoms with E-state index in [1.807, 2.05) is 12.1 Å². The van der Waals surface area contributed by atoms with Crippen LogP contribution in [0.2, 0.25) is 5.02 Å². The van der Waals surface area contributed by atoms with Crippen LogP contribution in [0, 0.1) is 0 Å². The quantitative estimate of drug-likeness (QED) is 0.804. The molecular weight excluding hydrogens is 348 g/mol. The van der Waals surface area contributed by atoms with Crippen LogP contribution in [0.4, 0.5) is 5.95 Å². The number of ether oxygens (including phenoxy) is 1. The van der Waals surface area contributed by atoms with E-state index >= 15 is 0 Å². The fourth-order valence-corrected chi connectivity index (χ4v) is 2.85. The molecule has 1 saturated heterocycles. The minimum atomic E-state index is -0.186. The van der Waals surface area contributed by atoms with Crippen LogP contribution in [0.1, 0.15) is 19.8 Å². The Hall–Kier alpha value is -1.41. The lowest BCUT2D eigenvalue weighted by atomic mass is 10.2. The number of nitrogen functional groups attached to an aromatic ring is 1. The number of aliphatic hydroxyl groups excluding tert-OH is 1. The summed E-state index contributed by atoms with van der Waals surface area (Å²) in [6.07, 6.45) is 4.98. The highest BCUT2D eigenvalue weighted by molar-refractivity contribution is 7.99. The zero-order valence-electron chi connectivity index (χ0n) is 13.5. The third-order valence-electron chi connectivity index (χ3n) is 3.20. The average Bonchev–Trinajstić information content (AvgIpc) is 2.59. The molecule has 1 atom stereocenters. The Morgan fingerprint density at radius 3 is 2.75 bits per heavy atom. The third kappa shape index (κ3) is 5.90. The topological polar surface area (TPSA) is 94.2 Å². The van der Waals surface area contributed by atoms with Crippen molar-refractivity contribution in [3.05, 3.63) is 29.5 Å². The van der Waals surface area contributed by atoms with E-state index in [4.69, 9.17) is 27.2 Å². The van der Waals surface area contributed by atoms with Gasteiger partial charge in [-0.25, -0.2) is 15.0 Å². The first kappa shape index (κ1) is 18.9.